The number of rotatable bonds is 8. The van der Waals surface area contributed by atoms with Crippen LogP contribution < -0.4 is 10.6 Å². The first-order valence-electron chi connectivity index (χ1n) is 7.38. The zero-order valence-corrected chi connectivity index (χ0v) is 13.7. The molecule has 0 radical (unpaired) electrons. The molecule has 0 aromatic carbocycles. The lowest BCUT2D eigenvalue weighted by Crippen LogP contribution is -2.50. The highest BCUT2D eigenvalue weighted by Gasteiger charge is 2.33. The molecule has 0 aromatic rings. The van der Waals surface area contributed by atoms with Crippen molar-refractivity contribution >= 4 is 24.1 Å². The Kier molecular flexibility index (Phi) is 8.67. The number of carbonyl (C=O) groups excluding carboxylic acids is 2. The number of amides is 2. The molecule has 0 spiro atoms. The maximum Gasteiger partial charge on any atom is 0.405 e. The number of esters is 2. The lowest BCUT2D eigenvalue weighted by molar-refractivity contribution is -0.164. The van der Waals surface area contributed by atoms with Crippen LogP contribution in [0.25, 0.3) is 0 Å². The van der Waals surface area contributed by atoms with E-state index in [0.29, 0.717) is 12.8 Å². The largest absolute Gasteiger partial charge is 0.465 e. The highest BCUT2D eigenvalue weighted by atomic mass is 16.6. The van der Waals surface area contributed by atoms with Gasteiger partial charge in [0.1, 0.15) is 12.1 Å². The topological polar surface area (TPSA) is 142 Å². The monoisotopic (exact) mass is 332 g/mol. The Morgan fingerprint density at radius 1 is 0.826 bits per heavy atom. The number of hydrogen-bond acceptors (Lipinski definition) is 5. The minimum Gasteiger partial charge on any atom is -0.465 e. The third-order valence-corrected chi connectivity index (χ3v) is 3.69. The van der Waals surface area contributed by atoms with Crippen molar-refractivity contribution in [1.82, 2.24) is 10.6 Å². The van der Waals surface area contributed by atoms with Gasteiger partial charge in [0, 0.05) is 0 Å². The van der Waals surface area contributed by atoms with Crippen molar-refractivity contribution in [2.45, 2.75) is 52.6 Å². The Morgan fingerprint density at radius 3 is 1.35 bits per heavy atom. The molecule has 2 amide bonds. The predicted octanol–water partition coefficient (Wildman–Crippen LogP) is 1.42. The molecule has 9 heteroatoms. The molecule has 4 N–H and O–H groups in total. The number of hydrogen-bond donors (Lipinski definition) is 4. The van der Waals surface area contributed by atoms with Crippen molar-refractivity contribution in [1.29, 1.82) is 0 Å². The van der Waals surface area contributed by atoms with Crippen molar-refractivity contribution in [2.75, 3.05) is 0 Å². The van der Waals surface area contributed by atoms with Gasteiger partial charge in [-0.05, 0) is 11.8 Å². The number of ether oxygens (including phenoxy) is 1. The minimum atomic E-state index is -1.41. The van der Waals surface area contributed by atoms with Gasteiger partial charge in [-0.1, -0.05) is 40.5 Å². The van der Waals surface area contributed by atoms with Crippen LogP contribution >= 0.6 is 0 Å². The molecule has 4 atom stereocenters. The molecular weight excluding hydrogens is 308 g/mol. The predicted molar refractivity (Wildman–Crippen MR) is 79.9 cm³/mol. The van der Waals surface area contributed by atoms with Crippen molar-refractivity contribution < 1.29 is 34.1 Å². The quantitative estimate of drug-likeness (QED) is 0.389. The van der Waals surface area contributed by atoms with Crippen LogP contribution in [0.5, 0.6) is 0 Å². The van der Waals surface area contributed by atoms with Crippen LogP contribution in [0.15, 0.2) is 0 Å². The summed E-state index contributed by atoms with van der Waals surface area (Å²) in [6.45, 7) is 6.77. The van der Waals surface area contributed by atoms with Crippen LogP contribution in [-0.2, 0) is 14.3 Å². The summed E-state index contributed by atoms with van der Waals surface area (Å²) in [7, 11) is 0. The van der Waals surface area contributed by atoms with Gasteiger partial charge in [0.25, 0.3) is 0 Å². The summed E-state index contributed by atoms with van der Waals surface area (Å²) in [4.78, 5) is 45.6. The highest BCUT2D eigenvalue weighted by molar-refractivity contribution is 5.93. The molecular formula is C14H24N2O7. The van der Waals surface area contributed by atoms with E-state index in [4.69, 9.17) is 14.9 Å². The summed E-state index contributed by atoms with van der Waals surface area (Å²) >= 11 is 0. The third kappa shape index (κ3) is 6.98. The fourth-order valence-electron chi connectivity index (χ4n) is 1.83. The number of nitrogens with one attached hydrogen (secondary N) is 2. The van der Waals surface area contributed by atoms with Crippen LogP contribution in [0.3, 0.4) is 0 Å². The first-order chi connectivity index (χ1) is 10.6. The van der Waals surface area contributed by atoms with Crippen LogP contribution in [0.1, 0.15) is 40.5 Å². The standard InChI is InChI=1S/C14H24N2O7/c1-5-7(3)9(15-13(19)20)11(17)23-12(18)10(8(4)6-2)16-14(21)22/h7-10,15-16H,5-6H2,1-4H3,(H,19,20)(H,21,22)/t7-,8-,9-,10-/m0/s1. The van der Waals surface area contributed by atoms with Crippen LogP contribution in [0.2, 0.25) is 0 Å². The van der Waals surface area contributed by atoms with Gasteiger partial charge in [-0.3, -0.25) is 0 Å². The molecule has 0 unspecified atom stereocenters. The Bertz CT molecular complexity index is 412. The molecule has 0 aliphatic rings. The molecule has 0 saturated carbocycles. The molecule has 23 heavy (non-hydrogen) atoms. The molecule has 0 aromatic heterocycles. The van der Waals surface area contributed by atoms with E-state index < -0.39 is 36.2 Å². The summed E-state index contributed by atoms with van der Waals surface area (Å²) in [6.07, 6.45) is -1.86. The minimum absolute atomic E-state index is 0.388. The summed E-state index contributed by atoms with van der Waals surface area (Å²) < 4.78 is 4.69. The molecule has 132 valence electrons. The first kappa shape index (κ1) is 20.7. The Labute approximate surface area is 134 Å². The fourth-order valence-corrected chi connectivity index (χ4v) is 1.83. The Morgan fingerprint density at radius 2 is 1.13 bits per heavy atom. The molecule has 0 rings (SSSR count). The van der Waals surface area contributed by atoms with Crippen molar-refractivity contribution in [2.24, 2.45) is 11.8 Å². The van der Waals surface area contributed by atoms with Gasteiger partial charge in [-0.15, -0.1) is 0 Å². The molecule has 0 aliphatic heterocycles. The maximum atomic E-state index is 12.0. The molecule has 0 saturated heterocycles. The number of carbonyl (C=O) groups is 4. The van der Waals surface area contributed by atoms with Crippen LogP contribution in [0.4, 0.5) is 9.59 Å². The maximum absolute atomic E-state index is 12.0. The molecule has 0 fully saturated rings. The van der Waals surface area contributed by atoms with Gasteiger partial charge >= 0.3 is 24.1 Å². The van der Waals surface area contributed by atoms with E-state index in [1.165, 1.54) is 0 Å². The Balaban J connectivity index is 5.08. The molecule has 0 bridgehead atoms. The highest BCUT2D eigenvalue weighted by Crippen LogP contribution is 2.13. The van der Waals surface area contributed by atoms with Gasteiger partial charge < -0.3 is 25.6 Å². The van der Waals surface area contributed by atoms with Crippen LogP contribution in [-0.4, -0.2) is 46.4 Å². The summed E-state index contributed by atoms with van der Waals surface area (Å²) in [6, 6.07) is -2.41. The SMILES string of the molecule is CC[C@H](C)[C@H](NC(=O)O)C(=O)OC(=O)[C@@H](NC(=O)O)[C@@H](C)CC. The number of carboxylic acid groups (broad SMARTS) is 2. The van der Waals surface area contributed by atoms with E-state index in [9.17, 15) is 19.2 Å². The zero-order valence-electron chi connectivity index (χ0n) is 13.7. The Hall–Kier alpha value is -2.32. The lowest BCUT2D eigenvalue weighted by Gasteiger charge is -2.24. The van der Waals surface area contributed by atoms with Gasteiger partial charge in [0.2, 0.25) is 0 Å². The smallest absolute Gasteiger partial charge is 0.405 e. The van der Waals surface area contributed by atoms with Crippen molar-refractivity contribution in [3.63, 3.8) is 0 Å². The van der Waals surface area contributed by atoms with Crippen molar-refractivity contribution in [3.8, 4) is 0 Å². The van der Waals surface area contributed by atoms with Gasteiger partial charge in [0.05, 0.1) is 0 Å². The van der Waals surface area contributed by atoms with Gasteiger partial charge in [0.15, 0.2) is 0 Å². The molecule has 0 heterocycles. The van der Waals surface area contributed by atoms with E-state index in [-0.39, 0.29) is 11.8 Å². The fraction of sp³-hybridized carbons (Fsp3) is 0.714. The third-order valence-electron chi connectivity index (χ3n) is 3.69. The normalized spacial score (nSPS) is 15.7. The zero-order chi connectivity index (χ0) is 18.2. The van der Waals surface area contributed by atoms with E-state index in [1.807, 2.05) is 10.6 Å². The van der Waals surface area contributed by atoms with E-state index in [1.54, 1.807) is 27.7 Å². The summed E-state index contributed by atoms with van der Waals surface area (Å²) in [5.41, 5.74) is 0. The van der Waals surface area contributed by atoms with E-state index in [0.717, 1.165) is 0 Å². The van der Waals surface area contributed by atoms with E-state index in [2.05, 4.69) is 0 Å². The van der Waals surface area contributed by atoms with Gasteiger partial charge in [-0.2, -0.15) is 0 Å². The second-order valence-corrected chi connectivity index (χ2v) is 5.37. The first-order valence-corrected chi connectivity index (χ1v) is 7.38. The summed E-state index contributed by atoms with van der Waals surface area (Å²) in [5.74, 6) is -2.87. The van der Waals surface area contributed by atoms with Gasteiger partial charge in [-0.25, -0.2) is 19.2 Å². The van der Waals surface area contributed by atoms with Crippen molar-refractivity contribution in [3.05, 3.63) is 0 Å². The molecule has 0 aliphatic carbocycles. The van der Waals surface area contributed by atoms with Crippen LogP contribution in [0, 0.1) is 11.8 Å². The average molecular weight is 332 g/mol. The second kappa shape index (κ2) is 9.65. The summed E-state index contributed by atoms with van der Waals surface area (Å²) in [5, 5.41) is 21.6. The lowest BCUT2D eigenvalue weighted by atomic mass is 9.98. The van der Waals surface area contributed by atoms with E-state index >= 15 is 0 Å². The average Bonchev–Trinajstić information content (AvgIpc) is 2.47. The molecule has 9 nitrogen and oxygen atoms in total. The second-order valence-electron chi connectivity index (χ2n) is 5.37.